The van der Waals surface area contributed by atoms with Crippen molar-refractivity contribution in [2.45, 2.75) is 45.3 Å². The van der Waals surface area contributed by atoms with E-state index >= 15 is 0 Å². The van der Waals surface area contributed by atoms with E-state index in [9.17, 15) is 18.0 Å². The fraction of sp³-hybridized carbons (Fsp3) is 0.269. The molecule has 0 aliphatic rings. The first-order chi connectivity index (χ1) is 15.3. The molecule has 3 aromatic carbocycles. The number of hydrogen-bond donors (Lipinski definition) is 1. The quantitative estimate of drug-likeness (QED) is 0.330. The number of alkyl halides is 3. The van der Waals surface area contributed by atoms with Crippen molar-refractivity contribution in [1.82, 2.24) is 4.57 Å². The van der Waals surface area contributed by atoms with Gasteiger partial charge in [-0.25, -0.2) is 0 Å². The van der Waals surface area contributed by atoms with E-state index in [4.69, 9.17) is 5.73 Å². The number of rotatable bonds is 7. The highest BCUT2D eigenvalue weighted by Crippen LogP contribution is 2.36. The smallest absolute Gasteiger partial charge is 0.366 e. The number of fused-ring (bicyclic) bond motifs is 3. The summed E-state index contributed by atoms with van der Waals surface area (Å²) in [6.45, 7) is 2.15. The Hall–Kier alpha value is -3.28. The Labute approximate surface area is 184 Å². The highest BCUT2D eigenvalue weighted by atomic mass is 19.4. The molecule has 0 aliphatic heterocycles. The zero-order valence-electron chi connectivity index (χ0n) is 17.8. The third kappa shape index (κ3) is 4.09. The second-order valence-electron chi connectivity index (χ2n) is 8.03. The van der Waals surface area contributed by atoms with Crippen molar-refractivity contribution < 1.29 is 18.0 Å². The molecule has 4 aromatic rings. The number of hydrogen-bond acceptors (Lipinski definition) is 1. The maximum absolute atomic E-state index is 13.6. The fourth-order valence-electron chi connectivity index (χ4n) is 4.30. The first-order valence-corrected chi connectivity index (χ1v) is 10.7. The summed E-state index contributed by atoms with van der Waals surface area (Å²) in [4.78, 5) is 12.1. The lowest BCUT2D eigenvalue weighted by Crippen LogP contribution is -2.12. The van der Waals surface area contributed by atoms with Crippen molar-refractivity contribution in [3.8, 4) is 0 Å². The van der Waals surface area contributed by atoms with Crippen LogP contribution in [0.1, 0.15) is 53.2 Å². The minimum Gasteiger partial charge on any atom is -0.366 e. The predicted molar refractivity (Wildman–Crippen MR) is 121 cm³/mol. The largest absolute Gasteiger partial charge is 0.416 e. The van der Waals surface area contributed by atoms with E-state index in [1.54, 1.807) is 18.2 Å². The van der Waals surface area contributed by atoms with Gasteiger partial charge in [0.25, 0.3) is 0 Å². The van der Waals surface area contributed by atoms with Crippen LogP contribution in [0.2, 0.25) is 0 Å². The summed E-state index contributed by atoms with van der Waals surface area (Å²) < 4.78 is 42.7. The SMILES string of the molecule is CCCCCc1c[c]c2c3c(C(N)=O)cccc3n(Cc3ccccc3C(F)(F)F)c2c1. The molecular weight excluding hydrogens is 413 g/mol. The molecule has 0 atom stereocenters. The lowest BCUT2D eigenvalue weighted by Gasteiger charge is -2.15. The van der Waals surface area contributed by atoms with Gasteiger partial charge in [-0.1, -0.05) is 50.1 Å². The van der Waals surface area contributed by atoms with E-state index in [1.807, 2.05) is 22.8 Å². The third-order valence-corrected chi connectivity index (χ3v) is 5.84. The van der Waals surface area contributed by atoms with Gasteiger partial charge >= 0.3 is 6.18 Å². The van der Waals surface area contributed by atoms with Crippen LogP contribution in [0.25, 0.3) is 21.8 Å². The third-order valence-electron chi connectivity index (χ3n) is 5.84. The van der Waals surface area contributed by atoms with Crippen LogP contribution in [0, 0.1) is 6.07 Å². The first kappa shape index (κ1) is 21.9. The summed E-state index contributed by atoms with van der Waals surface area (Å²) in [5, 5.41) is 1.32. The number of aryl methyl sites for hydroxylation is 1. The van der Waals surface area contributed by atoms with Gasteiger partial charge in [-0.05, 0) is 54.3 Å². The summed E-state index contributed by atoms with van der Waals surface area (Å²) in [5.41, 5.74) is 7.94. The second kappa shape index (κ2) is 8.69. The summed E-state index contributed by atoms with van der Waals surface area (Å²) >= 11 is 0. The molecule has 2 N–H and O–H groups in total. The minimum atomic E-state index is -4.45. The van der Waals surface area contributed by atoms with Gasteiger partial charge in [0.2, 0.25) is 5.91 Å². The number of carbonyl (C=O) groups is 1. The van der Waals surface area contributed by atoms with Crippen molar-refractivity contribution in [2.24, 2.45) is 5.73 Å². The molecule has 1 heterocycles. The van der Waals surface area contributed by atoms with E-state index in [0.29, 0.717) is 21.9 Å². The number of nitrogens with zero attached hydrogens (tertiary/aromatic N) is 1. The van der Waals surface area contributed by atoms with Crippen LogP contribution < -0.4 is 5.73 Å². The first-order valence-electron chi connectivity index (χ1n) is 10.7. The summed E-state index contributed by atoms with van der Waals surface area (Å²) in [5.74, 6) is -0.578. The van der Waals surface area contributed by atoms with Crippen LogP contribution in [-0.2, 0) is 19.1 Å². The van der Waals surface area contributed by atoms with E-state index in [-0.39, 0.29) is 12.1 Å². The molecule has 3 nitrogen and oxygen atoms in total. The Bertz CT molecular complexity index is 1290. The van der Waals surface area contributed by atoms with Crippen molar-refractivity contribution >= 4 is 27.7 Å². The van der Waals surface area contributed by atoms with Gasteiger partial charge < -0.3 is 10.3 Å². The molecule has 1 amide bonds. The number of unbranched alkanes of at least 4 members (excludes halogenated alkanes) is 2. The fourth-order valence-corrected chi connectivity index (χ4v) is 4.30. The highest BCUT2D eigenvalue weighted by molar-refractivity contribution is 6.17. The van der Waals surface area contributed by atoms with Gasteiger partial charge in [0.05, 0.1) is 16.6 Å². The van der Waals surface area contributed by atoms with Crippen molar-refractivity contribution in [2.75, 3.05) is 0 Å². The molecule has 0 bridgehead atoms. The van der Waals surface area contributed by atoms with Crippen LogP contribution in [0.3, 0.4) is 0 Å². The van der Waals surface area contributed by atoms with E-state index in [0.717, 1.165) is 42.8 Å². The molecule has 32 heavy (non-hydrogen) atoms. The van der Waals surface area contributed by atoms with Crippen LogP contribution in [0.15, 0.2) is 54.6 Å². The lowest BCUT2D eigenvalue weighted by molar-refractivity contribution is -0.138. The minimum absolute atomic E-state index is 0.0180. The molecule has 165 valence electrons. The van der Waals surface area contributed by atoms with Crippen LogP contribution in [0.5, 0.6) is 0 Å². The van der Waals surface area contributed by atoms with E-state index < -0.39 is 17.6 Å². The van der Waals surface area contributed by atoms with Gasteiger partial charge in [-0.3, -0.25) is 4.79 Å². The standard InChI is InChI=1S/C26H24F3N2O/c1-2-3-4-8-17-13-14-19-23(15-17)31(22-12-7-10-20(24(19)22)25(30)32)16-18-9-5-6-11-21(18)26(27,28)29/h5-7,9-13,15H,2-4,8,16H2,1H3,(H2,30,32). The molecule has 0 saturated carbocycles. The van der Waals surface area contributed by atoms with E-state index in [2.05, 4.69) is 13.0 Å². The molecule has 0 aliphatic carbocycles. The van der Waals surface area contributed by atoms with Gasteiger partial charge in [-0.2, -0.15) is 13.2 Å². The Balaban J connectivity index is 1.94. The molecule has 1 radical (unpaired) electrons. The molecule has 6 heteroatoms. The number of carbonyl (C=O) groups excluding carboxylic acids is 1. The van der Waals surface area contributed by atoms with Crippen LogP contribution in [0.4, 0.5) is 13.2 Å². The predicted octanol–water partition coefficient (Wildman–Crippen LogP) is 6.49. The average Bonchev–Trinajstić information content (AvgIpc) is 3.06. The number of halogens is 3. The molecule has 1 aromatic heterocycles. The monoisotopic (exact) mass is 437 g/mol. The topological polar surface area (TPSA) is 48.0 Å². The van der Waals surface area contributed by atoms with Crippen molar-refractivity contribution in [1.29, 1.82) is 0 Å². The van der Waals surface area contributed by atoms with Crippen LogP contribution in [-0.4, -0.2) is 10.5 Å². The van der Waals surface area contributed by atoms with Crippen molar-refractivity contribution in [3.05, 3.63) is 82.9 Å². The van der Waals surface area contributed by atoms with Gasteiger partial charge in [-0.15, -0.1) is 0 Å². The number of benzene rings is 3. The molecular formula is C26H24F3N2O. The second-order valence-corrected chi connectivity index (χ2v) is 8.03. The Morgan fingerprint density at radius 2 is 1.84 bits per heavy atom. The Morgan fingerprint density at radius 3 is 2.56 bits per heavy atom. The average molecular weight is 437 g/mol. The normalized spacial score (nSPS) is 12.0. The maximum Gasteiger partial charge on any atom is 0.416 e. The summed E-state index contributed by atoms with van der Waals surface area (Å²) in [7, 11) is 0. The molecule has 0 spiro atoms. The molecule has 4 rings (SSSR count). The van der Waals surface area contributed by atoms with E-state index in [1.165, 1.54) is 12.1 Å². The van der Waals surface area contributed by atoms with Gasteiger partial charge in [0.15, 0.2) is 0 Å². The molecule has 0 saturated heterocycles. The van der Waals surface area contributed by atoms with Gasteiger partial charge in [0, 0.05) is 22.9 Å². The Kier molecular flexibility index (Phi) is 5.96. The zero-order chi connectivity index (χ0) is 22.9. The van der Waals surface area contributed by atoms with Crippen molar-refractivity contribution in [3.63, 3.8) is 0 Å². The highest BCUT2D eigenvalue weighted by Gasteiger charge is 2.33. The summed E-state index contributed by atoms with van der Waals surface area (Å²) in [6.07, 6.45) is -0.359. The number of aromatic nitrogens is 1. The zero-order valence-corrected chi connectivity index (χ0v) is 17.8. The maximum atomic E-state index is 13.6. The lowest BCUT2D eigenvalue weighted by atomic mass is 10.0. The number of nitrogens with two attached hydrogens (primary N) is 1. The molecule has 0 fully saturated rings. The Morgan fingerprint density at radius 1 is 1.06 bits per heavy atom. The number of amides is 1. The van der Waals surface area contributed by atoms with Gasteiger partial charge in [0.1, 0.15) is 0 Å². The van der Waals surface area contributed by atoms with Crippen LogP contribution >= 0.6 is 0 Å². The molecule has 0 unspecified atom stereocenters. The summed E-state index contributed by atoms with van der Waals surface area (Å²) in [6, 6.07) is 17.9. The number of primary amides is 1.